The van der Waals surface area contributed by atoms with Crippen LogP contribution in [0.2, 0.25) is 0 Å². The molecule has 9 nitrogen and oxygen atoms in total. The molecule has 0 fully saturated rings. The van der Waals surface area contributed by atoms with Gasteiger partial charge in [-0.2, -0.15) is 0 Å². The second-order valence-corrected chi connectivity index (χ2v) is 7.85. The number of aliphatic carboxylic acids is 1. The van der Waals surface area contributed by atoms with Crippen molar-refractivity contribution >= 4 is 17.9 Å². The van der Waals surface area contributed by atoms with Crippen LogP contribution in [0.4, 0.5) is 0 Å². The maximum absolute atomic E-state index is 13.2. The Labute approximate surface area is 186 Å². The molecule has 9 heteroatoms. The van der Waals surface area contributed by atoms with E-state index in [1.807, 2.05) is 0 Å². The Hall–Kier alpha value is -4.53. The van der Waals surface area contributed by atoms with Crippen LogP contribution in [-0.2, 0) is 15.1 Å². The fraction of sp³-hybridized carbons (Fsp3) is 0.125. The van der Waals surface area contributed by atoms with Crippen LogP contribution in [0.3, 0.4) is 0 Å². The van der Waals surface area contributed by atoms with E-state index in [4.69, 9.17) is 9.47 Å². The number of carboxylic acids is 2. The van der Waals surface area contributed by atoms with Gasteiger partial charge in [0.25, 0.3) is 0 Å². The standard InChI is InChI=1S/C24H16O9/c1-10(21(27)28)13-4-7-16-20(19(13)22(29)30)23(31)33-24(16)14-5-2-11(25)8-17(14)32-18-9-12(26)3-6-15(18)24/h2-10,25-26H,1H3,(H,27,28)(H,29,30). The van der Waals surface area contributed by atoms with E-state index in [0.29, 0.717) is 11.1 Å². The average molecular weight is 448 g/mol. The topological polar surface area (TPSA) is 151 Å². The van der Waals surface area contributed by atoms with Gasteiger partial charge in [-0.25, -0.2) is 9.59 Å². The Morgan fingerprint density at radius 1 is 0.879 bits per heavy atom. The van der Waals surface area contributed by atoms with Crippen molar-refractivity contribution in [1.29, 1.82) is 0 Å². The van der Waals surface area contributed by atoms with Gasteiger partial charge in [0, 0.05) is 28.8 Å². The van der Waals surface area contributed by atoms with Gasteiger partial charge in [0.15, 0.2) is 5.60 Å². The first-order valence-corrected chi connectivity index (χ1v) is 9.86. The fourth-order valence-electron chi connectivity index (χ4n) is 4.53. The molecule has 166 valence electrons. The summed E-state index contributed by atoms with van der Waals surface area (Å²) in [6.07, 6.45) is 0. The SMILES string of the molecule is CC(C(=O)O)c1ccc2c(c1C(=O)O)C(=O)OC21c2ccc(O)cc2Oc2cc(O)ccc21. The van der Waals surface area contributed by atoms with Crippen molar-refractivity contribution in [2.24, 2.45) is 0 Å². The van der Waals surface area contributed by atoms with E-state index in [-0.39, 0.29) is 39.7 Å². The first kappa shape index (κ1) is 20.4. The van der Waals surface area contributed by atoms with Crippen LogP contribution in [0.15, 0.2) is 48.5 Å². The molecule has 2 aliphatic heterocycles. The first-order chi connectivity index (χ1) is 15.6. The number of phenolic OH excluding ortho intramolecular Hbond substituents is 2. The number of aromatic carboxylic acids is 1. The Morgan fingerprint density at radius 2 is 1.42 bits per heavy atom. The molecule has 3 aromatic rings. The van der Waals surface area contributed by atoms with E-state index in [1.165, 1.54) is 55.5 Å². The number of carbonyl (C=O) groups is 3. The lowest BCUT2D eigenvalue weighted by molar-refractivity contribution is -0.138. The van der Waals surface area contributed by atoms with E-state index in [2.05, 4.69) is 0 Å². The van der Waals surface area contributed by atoms with Crippen molar-refractivity contribution in [1.82, 2.24) is 0 Å². The van der Waals surface area contributed by atoms with Gasteiger partial charge >= 0.3 is 17.9 Å². The number of phenols is 2. The molecule has 1 unspecified atom stereocenters. The third-order valence-corrected chi connectivity index (χ3v) is 6.03. The number of hydrogen-bond donors (Lipinski definition) is 4. The molecule has 2 aliphatic rings. The van der Waals surface area contributed by atoms with Crippen LogP contribution < -0.4 is 4.74 Å². The summed E-state index contributed by atoms with van der Waals surface area (Å²) in [5.74, 6) is -4.78. The Morgan fingerprint density at radius 3 is 1.94 bits per heavy atom. The fourth-order valence-corrected chi connectivity index (χ4v) is 4.53. The highest BCUT2D eigenvalue weighted by molar-refractivity contribution is 6.08. The molecule has 33 heavy (non-hydrogen) atoms. The van der Waals surface area contributed by atoms with Gasteiger partial charge in [-0.05, 0) is 36.8 Å². The van der Waals surface area contributed by atoms with Crippen molar-refractivity contribution in [3.63, 3.8) is 0 Å². The molecule has 2 heterocycles. The predicted molar refractivity (Wildman–Crippen MR) is 111 cm³/mol. The van der Waals surface area contributed by atoms with E-state index >= 15 is 0 Å². The molecule has 1 spiro atoms. The Balaban J connectivity index is 1.89. The van der Waals surface area contributed by atoms with E-state index < -0.39 is 35.0 Å². The summed E-state index contributed by atoms with van der Waals surface area (Å²) in [6, 6.07) is 11.2. The van der Waals surface area contributed by atoms with Crippen LogP contribution in [-0.4, -0.2) is 38.3 Å². The zero-order valence-electron chi connectivity index (χ0n) is 17.0. The number of benzene rings is 3. The highest BCUT2D eigenvalue weighted by Crippen LogP contribution is 2.57. The summed E-state index contributed by atoms with van der Waals surface area (Å²) in [6.45, 7) is 1.33. The van der Waals surface area contributed by atoms with Crippen molar-refractivity contribution in [2.45, 2.75) is 18.4 Å². The van der Waals surface area contributed by atoms with Gasteiger partial charge in [-0.15, -0.1) is 0 Å². The number of rotatable bonds is 3. The van der Waals surface area contributed by atoms with Crippen LogP contribution >= 0.6 is 0 Å². The molecule has 0 aliphatic carbocycles. The number of fused-ring (bicyclic) bond motifs is 6. The zero-order chi connectivity index (χ0) is 23.7. The molecule has 0 amide bonds. The lowest BCUT2D eigenvalue weighted by Gasteiger charge is -2.36. The lowest BCUT2D eigenvalue weighted by atomic mass is 9.76. The monoisotopic (exact) mass is 448 g/mol. The van der Waals surface area contributed by atoms with Crippen molar-refractivity contribution in [3.8, 4) is 23.0 Å². The van der Waals surface area contributed by atoms with Gasteiger partial charge < -0.3 is 29.9 Å². The lowest BCUT2D eigenvalue weighted by Crippen LogP contribution is -2.33. The van der Waals surface area contributed by atoms with Crippen LogP contribution in [0.5, 0.6) is 23.0 Å². The average Bonchev–Trinajstić information content (AvgIpc) is 3.05. The van der Waals surface area contributed by atoms with Crippen LogP contribution in [0.25, 0.3) is 0 Å². The minimum absolute atomic E-state index is 0.0355. The normalized spacial score (nSPS) is 15.6. The first-order valence-electron chi connectivity index (χ1n) is 9.86. The smallest absolute Gasteiger partial charge is 0.341 e. The van der Waals surface area contributed by atoms with Crippen molar-refractivity contribution in [2.75, 3.05) is 0 Å². The molecule has 1 atom stereocenters. The molecule has 3 aromatic carbocycles. The molecule has 0 saturated heterocycles. The molecule has 0 bridgehead atoms. The number of carboxylic acid groups (broad SMARTS) is 2. The van der Waals surface area contributed by atoms with Gasteiger partial charge in [0.05, 0.1) is 17.0 Å². The van der Waals surface area contributed by atoms with Crippen LogP contribution in [0.1, 0.15) is 55.8 Å². The minimum Gasteiger partial charge on any atom is -0.508 e. The number of hydrogen-bond acceptors (Lipinski definition) is 7. The van der Waals surface area contributed by atoms with Gasteiger partial charge in [0.1, 0.15) is 23.0 Å². The van der Waals surface area contributed by atoms with Crippen molar-refractivity contribution < 1.29 is 44.3 Å². The molecule has 0 radical (unpaired) electrons. The zero-order valence-corrected chi connectivity index (χ0v) is 17.0. The molecule has 0 saturated carbocycles. The largest absolute Gasteiger partial charge is 0.508 e. The van der Waals surface area contributed by atoms with Crippen LogP contribution in [0, 0.1) is 0 Å². The summed E-state index contributed by atoms with van der Waals surface area (Å²) in [5, 5.41) is 39.3. The Bertz CT molecular complexity index is 1340. The minimum atomic E-state index is -1.63. The van der Waals surface area contributed by atoms with E-state index in [9.17, 15) is 34.8 Å². The number of carbonyl (C=O) groups excluding carboxylic acids is 1. The number of aromatic hydroxyl groups is 2. The summed E-state index contributed by atoms with van der Waals surface area (Å²) < 4.78 is 11.7. The Kier molecular flexibility index (Phi) is 4.16. The maximum atomic E-state index is 13.2. The van der Waals surface area contributed by atoms with Gasteiger partial charge in [-0.3, -0.25) is 4.79 Å². The molecular formula is C24H16O9. The van der Waals surface area contributed by atoms with Crippen molar-refractivity contribution in [3.05, 3.63) is 81.9 Å². The number of ether oxygens (including phenoxy) is 2. The summed E-state index contributed by atoms with van der Waals surface area (Å²) in [5.41, 5.74) is -1.52. The summed E-state index contributed by atoms with van der Waals surface area (Å²) in [7, 11) is 0. The summed E-state index contributed by atoms with van der Waals surface area (Å²) in [4.78, 5) is 37.0. The maximum Gasteiger partial charge on any atom is 0.341 e. The van der Waals surface area contributed by atoms with Gasteiger partial charge in [0.2, 0.25) is 0 Å². The third-order valence-electron chi connectivity index (χ3n) is 6.03. The quantitative estimate of drug-likeness (QED) is 0.441. The van der Waals surface area contributed by atoms with E-state index in [0.717, 1.165) is 0 Å². The molecule has 0 aromatic heterocycles. The highest BCUT2D eigenvalue weighted by Gasteiger charge is 2.55. The predicted octanol–water partition coefficient (Wildman–Crippen LogP) is 3.55. The highest BCUT2D eigenvalue weighted by atomic mass is 16.6. The molecule has 4 N–H and O–H groups in total. The second-order valence-electron chi connectivity index (χ2n) is 7.85. The second kappa shape index (κ2) is 6.73. The third kappa shape index (κ3) is 2.68. The van der Waals surface area contributed by atoms with Gasteiger partial charge in [-0.1, -0.05) is 12.1 Å². The number of esters is 1. The molecule has 5 rings (SSSR count). The van der Waals surface area contributed by atoms with E-state index in [1.54, 1.807) is 0 Å². The molecular weight excluding hydrogens is 432 g/mol. The summed E-state index contributed by atoms with van der Waals surface area (Å²) >= 11 is 0.